The smallest absolute Gasteiger partial charge is 0.376 e. The highest BCUT2D eigenvalue weighted by molar-refractivity contribution is 5.80. The second-order valence-electron chi connectivity index (χ2n) is 6.51. The normalized spacial score (nSPS) is 30.7. The maximum Gasteiger partial charge on any atom is 0.393 e. The molecule has 7 heteroatoms. The Hall–Kier alpha value is -0.820. The van der Waals surface area contributed by atoms with Crippen LogP contribution in [0.3, 0.4) is 0 Å². The van der Waals surface area contributed by atoms with Crippen LogP contribution >= 0.6 is 0 Å². The summed E-state index contributed by atoms with van der Waals surface area (Å²) in [5.41, 5.74) is 0. The topological polar surface area (TPSA) is 47.6 Å². The van der Waals surface area contributed by atoms with E-state index in [0.717, 1.165) is 19.3 Å². The van der Waals surface area contributed by atoms with Gasteiger partial charge in [-0.1, -0.05) is 12.8 Å². The Morgan fingerprint density at radius 1 is 1.22 bits per heavy atom. The zero-order valence-electron chi connectivity index (χ0n) is 13.5. The molecule has 1 saturated carbocycles. The molecule has 1 N–H and O–H groups in total. The molecule has 1 aliphatic heterocycles. The van der Waals surface area contributed by atoms with Gasteiger partial charge in [0, 0.05) is 12.6 Å². The van der Waals surface area contributed by atoms with Crippen LogP contribution in [-0.2, 0) is 14.3 Å². The van der Waals surface area contributed by atoms with E-state index in [-0.39, 0.29) is 12.5 Å². The number of halogens is 3. The van der Waals surface area contributed by atoms with Gasteiger partial charge in [-0.05, 0) is 39.0 Å². The molecule has 0 aromatic rings. The predicted molar refractivity (Wildman–Crippen MR) is 78.9 cm³/mol. The second kappa shape index (κ2) is 8.33. The first kappa shape index (κ1) is 18.5. The average Bonchev–Trinajstić information content (AvgIpc) is 2.53. The van der Waals surface area contributed by atoms with Gasteiger partial charge >= 0.3 is 6.18 Å². The molecule has 1 saturated heterocycles. The molecule has 1 amide bonds. The summed E-state index contributed by atoms with van der Waals surface area (Å²) < 4.78 is 50.1. The van der Waals surface area contributed by atoms with Crippen LogP contribution in [0.25, 0.3) is 0 Å². The fourth-order valence-corrected chi connectivity index (χ4v) is 3.26. The number of nitrogens with one attached hydrogen (secondary N) is 1. The van der Waals surface area contributed by atoms with Crippen LogP contribution < -0.4 is 5.32 Å². The predicted octanol–water partition coefficient (Wildman–Crippen LogP) is 3.20. The summed E-state index contributed by atoms with van der Waals surface area (Å²) in [6, 6.07) is -0.840. The third-order valence-electron chi connectivity index (χ3n) is 4.69. The fourth-order valence-electron chi connectivity index (χ4n) is 3.26. The van der Waals surface area contributed by atoms with E-state index in [2.05, 4.69) is 5.32 Å². The lowest BCUT2D eigenvalue weighted by Gasteiger charge is -2.34. The van der Waals surface area contributed by atoms with Crippen LogP contribution in [0.1, 0.15) is 51.9 Å². The average molecular weight is 337 g/mol. The molecule has 2 rings (SSSR count). The molecule has 0 bridgehead atoms. The summed E-state index contributed by atoms with van der Waals surface area (Å²) in [6.07, 6.45) is -0.325. The van der Waals surface area contributed by atoms with Gasteiger partial charge in [-0.25, -0.2) is 0 Å². The largest absolute Gasteiger partial charge is 0.393 e. The summed E-state index contributed by atoms with van der Waals surface area (Å²) in [5.74, 6) is -1.92. The van der Waals surface area contributed by atoms with Crippen molar-refractivity contribution in [1.29, 1.82) is 0 Å². The number of ether oxygens (including phenoxy) is 2. The van der Waals surface area contributed by atoms with Crippen LogP contribution in [-0.4, -0.2) is 43.5 Å². The van der Waals surface area contributed by atoms with Crippen LogP contribution in [0.4, 0.5) is 13.2 Å². The number of carbonyl (C=O) groups is 1. The minimum absolute atomic E-state index is 0.0170. The van der Waals surface area contributed by atoms with Crippen LogP contribution in [0, 0.1) is 5.92 Å². The van der Waals surface area contributed by atoms with E-state index in [4.69, 9.17) is 9.47 Å². The van der Waals surface area contributed by atoms with Gasteiger partial charge in [0.2, 0.25) is 5.91 Å². The van der Waals surface area contributed by atoms with Crippen molar-refractivity contribution in [3.8, 4) is 0 Å². The summed E-state index contributed by atoms with van der Waals surface area (Å²) >= 11 is 0. The first-order valence-electron chi connectivity index (χ1n) is 8.48. The monoisotopic (exact) mass is 337 g/mol. The van der Waals surface area contributed by atoms with E-state index in [1.165, 1.54) is 0 Å². The Kier molecular flexibility index (Phi) is 6.71. The highest BCUT2D eigenvalue weighted by atomic mass is 19.4. The highest BCUT2D eigenvalue weighted by Gasteiger charge is 2.46. The van der Waals surface area contributed by atoms with Crippen molar-refractivity contribution in [2.45, 2.75) is 76.3 Å². The number of amides is 1. The van der Waals surface area contributed by atoms with Gasteiger partial charge in [0.25, 0.3) is 0 Å². The Balaban J connectivity index is 1.79. The van der Waals surface area contributed by atoms with Gasteiger partial charge in [-0.15, -0.1) is 0 Å². The molecule has 23 heavy (non-hydrogen) atoms. The summed E-state index contributed by atoms with van der Waals surface area (Å²) in [7, 11) is 0. The number of hydrogen-bond donors (Lipinski definition) is 1. The molecule has 0 aromatic heterocycles. The molecule has 0 spiro atoms. The lowest BCUT2D eigenvalue weighted by molar-refractivity contribution is -0.189. The van der Waals surface area contributed by atoms with E-state index in [1.807, 2.05) is 0 Å². The minimum Gasteiger partial charge on any atom is -0.376 e. The summed E-state index contributed by atoms with van der Waals surface area (Å²) in [6.45, 7) is 2.58. The Labute approximate surface area is 135 Å². The Morgan fingerprint density at radius 3 is 2.57 bits per heavy atom. The van der Waals surface area contributed by atoms with Crippen molar-refractivity contribution >= 4 is 5.91 Å². The van der Waals surface area contributed by atoms with Crippen LogP contribution in [0.5, 0.6) is 0 Å². The van der Waals surface area contributed by atoms with Crippen molar-refractivity contribution in [2.75, 3.05) is 13.2 Å². The maximum atomic E-state index is 13.0. The molecule has 0 radical (unpaired) electrons. The molecule has 1 heterocycles. The van der Waals surface area contributed by atoms with E-state index >= 15 is 0 Å². The fraction of sp³-hybridized carbons (Fsp3) is 0.938. The first-order valence-corrected chi connectivity index (χ1v) is 8.48. The van der Waals surface area contributed by atoms with Crippen LogP contribution in [0.15, 0.2) is 0 Å². The van der Waals surface area contributed by atoms with Gasteiger partial charge in [0.15, 0.2) is 0 Å². The van der Waals surface area contributed by atoms with Crippen LogP contribution in [0.2, 0.25) is 0 Å². The van der Waals surface area contributed by atoms with Gasteiger partial charge in [-0.3, -0.25) is 4.79 Å². The number of alkyl halides is 3. The lowest BCUT2D eigenvalue weighted by atomic mass is 9.84. The van der Waals surface area contributed by atoms with Crippen molar-refractivity contribution < 1.29 is 27.4 Å². The molecule has 4 atom stereocenters. The highest BCUT2D eigenvalue weighted by Crippen LogP contribution is 2.37. The Morgan fingerprint density at radius 2 is 1.91 bits per heavy atom. The third kappa shape index (κ3) is 5.64. The zero-order chi connectivity index (χ0) is 16.9. The molecular formula is C16H26F3NO3. The summed E-state index contributed by atoms with van der Waals surface area (Å²) in [4.78, 5) is 12.1. The molecule has 134 valence electrons. The van der Waals surface area contributed by atoms with Gasteiger partial charge in [0.1, 0.15) is 6.10 Å². The first-order chi connectivity index (χ1) is 10.9. The van der Waals surface area contributed by atoms with Crippen molar-refractivity contribution in [3.63, 3.8) is 0 Å². The van der Waals surface area contributed by atoms with Crippen molar-refractivity contribution in [2.24, 2.45) is 5.92 Å². The number of hydrogen-bond acceptors (Lipinski definition) is 3. The summed E-state index contributed by atoms with van der Waals surface area (Å²) in [5, 5.41) is 2.54. The van der Waals surface area contributed by atoms with E-state index in [0.29, 0.717) is 32.5 Å². The molecular weight excluding hydrogens is 311 g/mol. The standard InChI is InChI=1S/C16H26F3NO3/c1-11(23-10-12-6-4-5-9-22-12)15(21)20-14-8-3-2-7-13(14)16(17,18)19/h11-14H,2-10H2,1H3,(H,20,21)/t11-,12-,13+,14+/m0/s1. The lowest BCUT2D eigenvalue weighted by Crippen LogP contribution is -2.50. The quantitative estimate of drug-likeness (QED) is 0.838. The van der Waals surface area contributed by atoms with E-state index < -0.39 is 30.1 Å². The maximum absolute atomic E-state index is 13.0. The minimum atomic E-state index is -4.27. The molecule has 1 aliphatic carbocycles. The van der Waals surface area contributed by atoms with Gasteiger partial charge in [0.05, 0.1) is 18.6 Å². The Bertz CT molecular complexity index is 383. The SMILES string of the molecule is C[C@H](OC[C@@H]1CCCCO1)C(=O)N[C@@H]1CCCC[C@H]1C(F)(F)F. The van der Waals surface area contributed by atoms with E-state index in [1.54, 1.807) is 6.92 Å². The molecule has 0 unspecified atom stereocenters. The zero-order valence-corrected chi connectivity index (χ0v) is 13.5. The molecule has 2 aliphatic rings. The van der Waals surface area contributed by atoms with Crippen molar-refractivity contribution in [1.82, 2.24) is 5.32 Å². The second-order valence-corrected chi connectivity index (χ2v) is 6.51. The van der Waals surface area contributed by atoms with E-state index in [9.17, 15) is 18.0 Å². The van der Waals surface area contributed by atoms with Crippen molar-refractivity contribution in [3.05, 3.63) is 0 Å². The molecule has 4 nitrogen and oxygen atoms in total. The number of carbonyl (C=O) groups excluding carboxylic acids is 1. The molecule has 0 aromatic carbocycles. The number of rotatable bonds is 5. The van der Waals surface area contributed by atoms with Gasteiger partial charge < -0.3 is 14.8 Å². The van der Waals surface area contributed by atoms with Gasteiger partial charge in [-0.2, -0.15) is 13.2 Å². The molecule has 2 fully saturated rings. The third-order valence-corrected chi connectivity index (χ3v) is 4.69.